The molecule has 2 aromatic rings. The molecule has 1 saturated heterocycles. The van der Waals surface area contributed by atoms with Gasteiger partial charge in [-0.15, -0.1) is 0 Å². The zero-order chi connectivity index (χ0) is 20.9. The molecule has 0 spiro atoms. The Kier molecular flexibility index (Phi) is 5.06. The molecule has 2 N–H and O–H groups in total. The second-order valence-corrected chi connectivity index (χ2v) is 10.5. The zero-order valence-electron chi connectivity index (χ0n) is 18.8. The summed E-state index contributed by atoms with van der Waals surface area (Å²) in [5, 5.41) is 10.2. The summed E-state index contributed by atoms with van der Waals surface area (Å²) >= 11 is 0. The molecule has 0 aromatic heterocycles. The van der Waals surface area contributed by atoms with E-state index < -0.39 is 0 Å². The van der Waals surface area contributed by atoms with Gasteiger partial charge in [0.2, 0.25) is 0 Å². The van der Waals surface area contributed by atoms with Gasteiger partial charge < -0.3 is 19.8 Å². The first-order valence-electron chi connectivity index (χ1n) is 11.7. The van der Waals surface area contributed by atoms with Crippen molar-refractivity contribution in [2.45, 2.75) is 83.1 Å². The Bertz CT molecular complexity index is 870. The normalized spacial score (nSPS) is 23.9. The van der Waals surface area contributed by atoms with Crippen LogP contribution in [-0.2, 0) is 9.31 Å². The summed E-state index contributed by atoms with van der Waals surface area (Å²) in [7, 11) is -0.216. The van der Waals surface area contributed by atoms with E-state index in [-0.39, 0.29) is 31.0 Å². The van der Waals surface area contributed by atoms with E-state index >= 15 is 0 Å². The lowest BCUT2D eigenvalue weighted by atomic mass is 9.43. The standard InChI is InChI=1S/C24H34B2N2O2/c1-23(2)24(3,4)30-26(29-23)21(16-17-10-6-5-7-11-17)25-27-19-14-8-12-18-13-9-15-20(28-25)22(18)19/h8-9,12-15,17,21,27-28H,5-7,10-11,16H2,1-4H3/t21-/m0/s1. The van der Waals surface area contributed by atoms with Gasteiger partial charge in [-0.1, -0.05) is 62.8 Å². The second kappa shape index (κ2) is 7.49. The van der Waals surface area contributed by atoms with Crippen LogP contribution in [0, 0.1) is 5.92 Å². The van der Waals surface area contributed by atoms with Crippen LogP contribution in [0.1, 0.15) is 66.2 Å². The van der Waals surface area contributed by atoms with Crippen LogP contribution in [0.3, 0.4) is 0 Å². The van der Waals surface area contributed by atoms with Gasteiger partial charge >= 0.3 is 14.1 Å². The average Bonchev–Trinajstić information content (AvgIpc) is 2.94. The second-order valence-electron chi connectivity index (χ2n) is 10.5. The molecule has 6 heteroatoms. The summed E-state index contributed by atoms with van der Waals surface area (Å²) in [6.07, 6.45) is 7.87. The fourth-order valence-corrected chi connectivity index (χ4v) is 5.44. The third-order valence-electron chi connectivity index (χ3n) is 7.91. The maximum absolute atomic E-state index is 6.58. The number of hydrogen-bond acceptors (Lipinski definition) is 4. The minimum absolute atomic E-state index is 0.0853. The third-order valence-corrected chi connectivity index (χ3v) is 7.91. The van der Waals surface area contributed by atoms with Crippen molar-refractivity contribution in [3.63, 3.8) is 0 Å². The predicted octanol–water partition coefficient (Wildman–Crippen LogP) is 6.14. The molecule has 30 heavy (non-hydrogen) atoms. The van der Waals surface area contributed by atoms with Crippen molar-refractivity contribution < 1.29 is 9.31 Å². The van der Waals surface area contributed by atoms with Crippen molar-refractivity contribution in [3.05, 3.63) is 36.4 Å². The molecule has 1 aliphatic carbocycles. The molecule has 2 heterocycles. The fraction of sp³-hybridized carbons (Fsp3) is 0.583. The van der Waals surface area contributed by atoms with Crippen LogP contribution in [0.2, 0.25) is 5.72 Å². The van der Waals surface area contributed by atoms with Gasteiger partial charge in [0, 0.05) is 22.5 Å². The summed E-state index contributed by atoms with van der Waals surface area (Å²) in [5.41, 5.74) is 2.02. The van der Waals surface area contributed by atoms with Crippen molar-refractivity contribution >= 4 is 36.2 Å². The number of benzene rings is 2. The van der Waals surface area contributed by atoms with Crippen LogP contribution in [0.25, 0.3) is 10.8 Å². The van der Waals surface area contributed by atoms with Crippen LogP contribution >= 0.6 is 0 Å². The largest absolute Gasteiger partial charge is 0.457 e. The van der Waals surface area contributed by atoms with Gasteiger partial charge in [0.15, 0.2) is 0 Å². The summed E-state index contributed by atoms with van der Waals surface area (Å²) in [5.74, 6) is 0.749. The molecule has 0 radical (unpaired) electrons. The van der Waals surface area contributed by atoms with Gasteiger partial charge in [0.25, 0.3) is 0 Å². The maximum atomic E-state index is 6.58. The van der Waals surface area contributed by atoms with Gasteiger partial charge in [-0.25, -0.2) is 0 Å². The topological polar surface area (TPSA) is 42.5 Å². The van der Waals surface area contributed by atoms with Crippen LogP contribution in [0.4, 0.5) is 11.4 Å². The smallest absolute Gasteiger partial charge is 0.409 e. The number of nitrogens with one attached hydrogen (secondary N) is 2. The molecule has 2 aromatic carbocycles. The molecule has 2 fully saturated rings. The Morgan fingerprint density at radius 3 is 2.03 bits per heavy atom. The number of anilines is 2. The van der Waals surface area contributed by atoms with Crippen molar-refractivity contribution in [1.82, 2.24) is 0 Å². The Balaban J connectivity index is 1.46. The Morgan fingerprint density at radius 1 is 0.900 bits per heavy atom. The van der Waals surface area contributed by atoms with Crippen LogP contribution in [-0.4, -0.2) is 25.3 Å². The highest BCUT2D eigenvalue weighted by atomic mass is 16.7. The molecular formula is C24H34B2N2O2. The summed E-state index contributed by atoms with van der Waals surface area (Å²) in [4.78, 5) is 0. The summed E-state index contributed by atoms with van der Waals surface area (Å²) in [6, 6.07) is 13.0. The van der Waals surface area contributed by atoms with E-state index in [4.69, 9.17) is 9.31 Å². The molecule has 1 atom stereocenters. The lowest BCUT2D eigenvalue weighted by Crippen LogP contribution is -2.49. The fourth-order valence-electron chi connectivity index (χ4n) is 5.44. The van der Waals surface area contributed by atoms with Crippen molar-refractivity contribution in [2.75, 3.05) is 10.5 Å². The average molecular weight is 404 g/mol. The van der Waals surface area contributed by atoms with Crippen molar-refractivity contribution in [2.24, 2.45) is 5.92 Å². The van der Waals surface area contributed by atoms with E-state index in [2.05, 4.69) is 74.5 Å². The van der Waals surface area contributed by atoms with Crippen molar-refractivity contribution in [3.8, 4) is 0 Å². The first kappa shape index (κ1) is 20.3. The molecule has 158 valence electrons. The van der Waals surface area contributed by atoms with Gasteiger partial charge in [-0.05, 0) is 51.1 Å². The van der Waals surface area contributed by atoms with E-state index in [0.29, 0.717) is 0 Å². The minimum atomic E-state index is -0.310. The quantitative estimate of drug-likeness (QED) is 0.601. The van der Waals surface area contributed by atoms with Gasteiger partial charge in [-0.3, -0.25) is 0 Å². The molecule has 2 aliphatic heterocycles. The molecular weight excluding hydrogens is 370 g/mol. The van der Waals surface area contributed by atoms with E-state index in [1.807, 2.05) is 0 Å². The minimum Gasteiger partial charge on any atom is -0.409 e. The molecule has 4 nitrogen and oxygen atoms in total. The van der Waals surface area contributed by atoms with Gasteiger partial charge in [0.1, 0.15) is 0 Å². The first-order chi connectivity index (χ1) is 14.3. The predicted molar refractivity (Wildman–Crippen MR) is 128 cm³/mol. The highest BCUT2D eigenvalue weighted by Gasteiger charge is 2.56. The van der Waals surface area contributed by atoms with Crippen LogP contribution in [0.15, 0.2) is 36.4 Å². The van der Waals surface area contributed by atoms with Crippen LogP contribution < -0.4 is 10.5 Å². The lowest BCUT2D eigenvalue weighted by Gasteiger charge is -2.35. The SMILES string of the molecule is CC1(C)OB([C@@H](CC2CCCCC2)B2Nc3cccc4cccc(c34)N2)OC1(C)C. The first-order valence-corrected chi connectivity index (χ1v) is 11.7. The highest BCUT2D eigenvalue weighted by molar-refractivity contribution is 6.80. The third kappa shape index (κ3) is 3.52. The number of rotatable bonds is 4. The van der Waals surface area contributed by atoms with E-state index in [1.165, 1.54) is 54.3 Å². The zero-order valence-corrected chi connectivity index (χ0v) is 18.8. The number of hydrogen-bond donors (Lipinski definition) is 2. The Labute approximate surface area is 181 Å². The molecule has 0 bridgehead atoms. The summed E-state index contributed by atoms with van der Waals surface area (Å²) < 4.78 is 13.2. The van der Waals surface area contributed by atoms with E-state index in [0.717, 1.165) is 12.3 Å². The highest BCUT2D eigenvalue weighted by Crippen LogP contribution is 2.45. The van der Waals surface area contributed by atoms with E-state index in [9.17, 15) is 0 Å². The Hall–Kier alpha value is -1.65. The Morgan fingerprint density at radius 2 is 1.47 bits per heavy atom. The molecule has 3 aliphatic rings. The van der Waals surface area contributed by atoms with E-state index in [1.54, 1.807) is 0 Å². The van der Waals surface area contributed by atoms with Gasteiger partial charge in [-0.2, -0.15) is 0 Å². The summed E-state index contributed by atoms with van der Waals surface area (Å²) in [6.45, 7) is 8.71. The monoisotopic (exact) mass is 404 g/mol. The molecule has 5 rings (SSSR count). The van der Waals surface area contributed by atoms with Gasteiger partial charge in [0.05, 0.1) is 11.2 Å². The molecule has 0 amide bonds. The lowest BCUT2D eigenvalue weighted by molar-refractivity contribution is 0.00578. The molecule has 1 saturated carbocycles. The van der Waals surface area contributed by atoms with Crippen LogP contribution in [0.5, 0.6) is 0 Å². The van der Waals surface area contributed by atoms with Crippen molar-refractivity contribution in [1.29, 1.82) is 0 Å². The molecule has 0 unspecified atom stereocenters. The maximum Gasteiger partial charge on any atom is 0.457 e.